The minimum Gasteiger partial charge on any atom is -0.380 e. The van der Waals surface area contributed by atoms with Crippen molar-refractivity contribution in [3.8, 4) is 0 Å². The number of amides is 2. The van der Waals surface area contributed by atoms with E-state index in [4.69, 9.17) is 23.2 Å². The van der Waals surface area contributed by atoms with Crippen LogP contribution in [0.3, 0.4) is 0 Å². The predicted octanol–water partition coefficient (Wildman–Crippen LogP) is 3.60. The van der Waals surface area contributed by atoms with Gasteiger partial charge in [-0.3, -0.25) is 24.3 Å². The number of aromatic nitrogens is 2. The number of aryl methyl sites for hydroxylation is 1. The van der Waals surface area contributed by atoms with Crippen LogP contribution in [-0.2, 0) is 16.1 Å². The van der Waals surface area contributed by atoms with Crippen molar-refractivity contribution in [2.45, 2.75) is 32.4 Å². The molecule has 1 saturated heterocycles. The monoisotopic (exact) mass is 444 g/mol. The van der Waals surface area contributed by atoms with Crippen molar-refractivity contribution in [3.63, 3.8) is 0 Å². The Hall–Kier alpha value is -2.90. The van der Waals surface area contributed by atoms with E-state index in [9.17, 15) is 14.4 Å². The highest BCUT2D eigenvalue weighted by Crippen LogP contribution is 2.25. The Morgan fingerprint density at radius 2 is 2.00 bits per heavy atom. The first kappa shape index (κ1) is 20.4. The van der Waals surface area contributed by atoms with Gasteiger partial charge in [-0.2, -0.15) is 0 Å². The van der Waals surface area contributed by atoms with E-state index in [0.717, 1.165) is 5.56 Å². The lowest BCUT2D eigenvalue weighted by Gasteiger charge is -2.24. The summed E-state index contributed by atoms with van der Waals surface area (Å²) in [7, 11) is 0. The van der Waals surface area contributed by atoms with Gasteiger partial charge in [0.1, 0.15) is 11.9 Å². The minimum atomic E-state index is -0.775. The van der Waals surface area contributed by atoms with Crippen LogP contribution in [0.2, 0.25) is 10.0 Å². The maximum Gasteiger partial charge on any atom is 0.264 e. The van der Waals surface area contributed by atoms with Crippen LogP contribution in [0.1, 0.15) is 30.3 Å². The molecule has 4 rings (SSSR count). The summed E-state index contributed by atoms with van der Waals surface area (Å²) in [4.78, 5) is 41.8. The lowest BCUT2D eigenvalue weighted by atomic mass is 10.1. The quantitative estimate of drug-likeness (QED) is 0.599. The zero-order valence-corrected chi connectivity index (χ0v) is 17.5. The van der Waals surface area contributed by atoms with Gasteiger partial charge in [0.2, 0.25) is 11.8 Å². The molecule has 0 radical (unpaired) electrons. The first-order chi connectivity index (χ1) is 14.3. The van der Waals surface area contributed by atoms with Gasteiger partial charge in [-0.15, -0.1) is 0 Å². The van der Waals surface area contributed by atoms with Crippen molar-refractivity contribution < 1.29 is 9.59 Å². The maximum atomic E-state index is 13.4. The number of nitrogens with one attached hydrogen (secondary N) is 2. The molecule has 9 heteroatoms. The highest BCUT2D eigenvalue weighted by atomic mass is 35.5. The van der Waals surface area contributed by atoms with Crippen LogP contribution >= 0.6 is 23.2 Å². The van der Waals surface area contributed by atoms with Gasteiger partial charge in [-0.25, -0.2) is 4.98 Å². The van der Waals surface area contributed by atoms with E-state index < -0.39 is 11.9 Å². The number of nitrogens with zero attached hydrogens (tertiary/aromatic N) is 2. The standard InChI is InChI=1S/C21H18Cl2N4O3/c1-11-25-16-4-2-3-15(24-10-12-9-13(22)5-6-14(12)23)19(16)21(30)27(11)17-7-8-18(28)26-20(17)29/h2-6,9,17,24H,7-8,10H2,1H3,(H,26,28,29). The van der Waals surface area contributed by atoms with Crippen LogP contribution in [0.5, 0.6) is 0 Å². The third-order valence-electron chi connectivity index (χ3n) is 5.10. The van der Waals surface area contributed by atoms with E-state index >= 15 is 0 Å². The van der Waals surface area contributed by atoms with Crippen molar-refractivity contribution in [2.75, 3.05) is 5.32 Å². The number of rotatable bonds is 4. The maximum absolute atomic E-state index is 13.4. The molecule has 0 bridgehead atoms. The van der Waals surface area contributed by atoms with Crippen LogP contribution in [0.15, 0.2) is 41.2 Å². The molecule has 2 N–H and O–H groups in total. The smallest absolute Gasteiger partial charge is 0.264 e. The molecule has 1 fully saturated rings. The zero-order valence-electron chi connectivity index (χ0n) is 16.0. The molecular weight excluding hydrogens is 427 g/mol. The summed E-state index contributed by atoms with van der Waals surface area (Å²) >= 11 is 12.3. The first-order valence-electron chi connectivity index (χ1n) is 9.38. The second kappa shape index (κ2) is 8.08. The van der Waals surface area contributed by atoms with Crippen molar-refractivity contribution in [2.24, 2.45) is 0 Å². The molecule has 1 aromatic heterocycles. The molecule has 7 nitrogen and oxygen atoms in total. The molecule has 2 amide bonds. The number of carbonyl (C=O) groups excluding carboxylic acids is 2. The summed E-state index contributed by atoms with van der Waals surface area (Å²) in [5.41, 5.74) is 1.53. The summed E-state index contributed by atoms with van der Waals surface area (Å²) in [5.74, 6) is -0.415. The highest BCUT2D eigenvalue weighted by Gasteiger charge is 2.30. The Kier molecular flexibility index (Phi) is 5.49. The Balaban J connectivity index is 1.76. The molecule has 0 saturated carbocycles. The molecule has 154 valence electrons. The van der Waals surface area contributed by atoms with Crippen molar-refractivity contribution in [3.05, 3.63) is 68.2 Å². The van der Waals surface area contributed by atoms with E-state index in [1.165, 1.54) is 4.57 Å². The van der Waals surface area contributed by atoms with Gasteiger partial charge in [0.15, 0.2) is 0 Å². The van der Waals surface area contributed by atoms with Gasteiger partial charge in [0.25, 0.3) is 5.56 Å². The number of halogens is 2. The van der Waals surface area contributed by atoms with Gasteiger partial charge in [-0.05, 0) is 49.2 Å². The predicted molar refractivity (Wildman–Crippen MR) is 116 cm³/mol. The number of imide groups is 1. The lowest BCUT2D eigenvalue weighted by molar-refractivity contribution is -0.135. The number of hydrogen-bond acceptors (Lipinski definition) is 5. The summed E-state index contributed by atoms with van der Waals surface area (Å²) in [6, 6.07) is 9.71. The molecule has 2 heterocycles. The number of piperidine rings is 1. The van der Waals surface area contributed by atoms with Gasteiger partial charge in [-0.1, -0.05) is 29.3 Å². The van der Waals surface area contributed by atoms with Crippen LogP contribution < -0.4 is 16.2 Å². The average Bonchev–Trinajstić information content (AvgIpc) is 2.70. The van der Waals surface area contributed by atoms with Crippen molar-refractivity contribution in [1.29, 1.82) is 0 Å². The molecule has 30 heavy (non-hydrogen) atoms. The van der Waals surface area contributed by atoms with Crippen LogP contribution in [0, 0.1) is 6.92 Å². The van der Waals surface area contributed by atoms with E-state index in [1.54, 1.807) is 43.3 Å². The highest BCUT2D eigenvalue weighted by molar-refractivity contribution is 6.33. The Bertz CT molecular complexity index is 1240. The van der Waals surface area contributed by atoms with E-state index in [1.807, 2.05) is 0 Å². The number of anilines is 1. The van der Waals surface area contributed by atoms with Crippen LogP contribution in [0.4, 0.5) is 5.69 Å². The molecule has 1 unspecified atom stereocenters. The van der Waals surface area contributed by atoms with Gasteiger partial charge < -0.3 is 5.32 Å². The van der Waals surface area contributed by atoms with Gasteiger partial charge >= 0.3 is 0 Å². The normalized spacial score (nSPS) is 16.6. The number of benzene rings is 2. The summed E-state index contributed by atoms with van der Waals surface area (Å²) in [6.45, 7) is 2.03. The molecule has 1 atom stereocenters. The van der Waals surface area contributed by atoms with E-state index in [-0.39, 0.29) is 24.3 Å². The number of carbonyl (C=O) groups is 2. The van der Waals surface area contributed by atoms with Crippen LogP contribution in [-0.4, -0.2) is 21.4 Å². The molecule has 1 aliphatic rings. The first-order valence-corrected chi connectivity index (χ1v) is 10.1. The van der Waals surface area contributed by atoms with Crippen LogP contribution in [0.25, 0.3) is 10.9 Å². The third-order valence-corrected chi connectivity index (χ3v) is 5.71. The lowest BCUT2D eigenvalue weighted by Crippen LogP contribution is -2.45. The molecule has 3 aromatic rings. The second-order valence-corrected chi connectivity index (χ2v) is 7.93. The Morgan fingerprint density at radius 1 is 1.20 bits per heavy atom. The van der Waals surface area contributed by atoms with Crippen molar-refractivity contribution in [1.82, 2.24) is 14.9 Å². The Labute approximate surface area is 182 Å². The van der Waals surface area contributed by atoms with Gasteiger partial charge in [0, 0.05) is 28.7 Å². The van der Waals surface area contributed by atoms with E-state index in [2.05, 4.69) is 15.6 Å². The topological polar surface area (TPSA) is 93.1 Å². The molecule has 2 aromatic carbocycles. The third kappa shape index (κ3) is 3.78. The fourth-order valence-corrected chi connectivity index (χ4v) is 4.04. The number of hydrogen-bond donors (Lipinski definition) is 2. The number of fused-ring (bicyclic) bond motifs is 1. The van der Waals surface area contributed by atoms with Gasteiger partial charge in [0.05, 0.1) is 10.9 Å². The second-order valence-electron chi connectivity index (χ2n) is 7.09. The summed E-state index contributed by atoms with van der Waals surface area (Å²) in [5, 5.41) is 7.01. The van der Waals surface area contributed by atoms with E-state index in [0.29, 0.717) is 39.0 Å². The summed E-state index contributed by atoms with van der Waals surface area (Å²) < 4.78 is 1.36. The SMILES string of the molecule is Cc1nc2cccc(NCc3cc(Cl)ccc3Cl)c2c(=O)n1C1CCC(=O)NC1=O. The zero-order chi connectivity index (χ0) is 21.4. The summed E-state index contributed by atoms with van der Waals surface area (Å²) in [6.07, 6.45) is 0.430. The minimum absolute atomic E-state index is 0.174. The van der Waals surface area contributed by atoms with Crippen molar-refractivity contribution >= 4 is 51.6 Å². The fourth-order valence-electron chi connectivity index (χ4n) is 3.67. The largest absolute Gasteiger partial charge is 0.380 e. The molecule has 0 spiro atoms. The fraction of sp³-hybridized carbons (Fsp3) is 0.238. The average molecular weight is 445 g/mol. The molecule has 0 aliphatic carbocycles. The Morgan fingerprint density at radius 3 is 2.77 bits per heavy atom. The molecular formula is C21H18Cl2N4O3. The molecule has 1 aliphatic heterocycles.